The second-order valence-corrected chi connectivity index (χ2v) is 5.63. The van der Waals surface area contributed by atoms with Crippen LogP contribution in [-0.2, 0) is 0 Å². The van der Waals surface area contributed by atoms with Gasteiger partial charge in [0.15, 0.2) is 0 Å². The molecular weight excluding hydrogens is 276 g/mol. The third kappa shape index (κ3) is 2.15. The largest absolute Gasteiger partial charge is 0.337 e. The number of nitrogens with zero attached hydrogens (tertiary/aromatic N) is 3. The molecule has 1 fully saturated rings. The standard InChI is InChI=1S/C17H16N4O/c22-17(16-14-4-2-1-3-12(14)5-8-18-16)21-10-7-13(11-21)15-6-9-19-20-15/h1-6,8-9,13H,7,10-11H2,(H,19,20). The Bertz CT molecular complexity index is 807. The van der Waals surface area contributed by atoms with E-state index in [0.29, 0.717) is 18.2 Å². The molecule has 1 aliphatic heterocycles. The highest BCUT2D eigenvalue weighted by molar-refractivity contribution is 6.05. The molecule has 110 valence electrons. The summed E-state index contributed by atoms with van der Waals surface area (Å²) < 4.78 is 0. The number of hydrogen-bond donors (Lipinski definition) is 1. The number of aromatic nitrogens is 3. The van der Waals surface area contributed by atoms with Crippen molar-refractivity contribution in [2.45, 2.75) is 12.3 Å². The summed E-state index contributed by atoms with van der Waals surface area (Å²) in [4.78, 5) is 19.0. The second kappa shape index (κ2) is 5.26. The zero-order chi connectivity index (χ0) is 14.9. The maximum absolute atomic E-state index is 12.8. The van der Waals surface area contributed by atoms with Gasteiger partial charge in [0.25, 0.3) is 5.91 Å². The van der Waals surface area contributed by atoms with Gasteiger partial charge in [0.05, 0.1) is 0 Å². The third-order valence-electron chi connectivity index (χ3n) is 4.31. The van der Waals surface area contributed by atoms with Gasteiger partial charge in [-0.05, 0) is 23.9 Å². The molecule has 0 radical (unpaired) electrons. The quantitative estimate of drug-likeness (QED) is 0.789. The lowest BCUT2D eigenvalue weighted by atomic mass is 10.1. The number of H-pyrrole nitrogens is 1. The minimum atomic E-state index is 0.0128. The van der Waals surface area contributed by atoms with Crippen molar-refractivity contribution in [1.82, 2.24) is 20.1 Å². The predicted molar refractivity (Wildman–Crippen MR) is 83.6 cm³/mol. The van der Waals surface area contributed by atoms with Gasteiger partial charge in [-0.1, -0.05) is 24.3 Å². The van der Waals surface area contributed by atoms with E-state index in [0.717, 1.165) is 29.4 Å². The average Bonchev–Trinajstić information content (AvgIpc) is 3.24. The second-order valence-electron chi connectivity index (χ2n) is 5.63. The minimum Gasteiger partial charge on any atom is -0.337 e. The number of pyridine rings is 1. The number of aromatic amines is 1. The fourth-order valence-electron chi connectivity index (χ4n) is 3.13. The summed E-state index contributed by atoms with van der Waals surface area (Å²) in [5, 5.41) is 8.96. The summed E-state index contributed by atoms with van der Waals surface area (Å²) in [5.74, 6) is 0.347. The Kier molecular flexibility index (Phi) is 3.11. The van der Waals surface area contributed by atoms with Gasteiger partial charge < -0.3 is 4.90 Å². The van der Waals surface area contributed by atoms with Crippen LogP contribution < -0.4 is 0 Å². The van der Waals surface area contributed by atoms with Gasteiger partial charge in [-0.25, -0.2) is 0 Å². The topological polar surface area (TPSA) is 61.9 Å². The summed E-state index contributed by atoms with van der Waals surface area (Å²) in [6, 6.07) is 11.8. The van der Waals surface area contributed by atoms with Crippen LogP contribution in [0.15, 0.2) is 48.8 Å². The van der Waals surface area contributed by atoms with Gasteiger partial charge in [-0.2, -0.15) is 5.10 Å². The van der Waals surface area contributed by atoms with Crippen LogP contribution in [0.3, 0.4) is 0 Å². The van der Waals surface area contributed by atoms with Crippen molar-refractivity contribution in [2.24, 2.45) is 0 Å². The smallest absolute Gasteiger partial charge is 0.273 e. The van der Waals surface area contributed by atoms with Crippen molar-refractivity contribution in [3.8, 4) is 0 Å². The molecule has 2 aromatic heterocycles. The Labute approximate surface area is 128 Å². The summed E-state index contributed by atoms with van der Waals surface area (Å²) in [7, 11) is 0. The summed E-state index contributed by atoms with van der Waals surface area (Å²) in [6.45, 7) is 1.47. The van der Waals surface area contributed by atoms with Gasteiger partial charge >= 0.3 is 0 Å². The van der Waals surface area contributed by atoms with Crippen LogP contribution in [0.5, 0.6) is 0 Å². The first-order chi connectivity index (χ1) is 10.8. The zero-order valence-electron chi connectivity index (χ0n) is 12.1. The summed E-state index contributed by atoms with van der Waals surface area (Å²) in [6.07, 6.45) is 4.42. The molecule has 5 heteroatoms. The Balaban J connectivity index is 1.62. The van der Waals surface area contributed by atoms with E-state index in [4.69, 9.17) is 0 Å². The predicted octanol–water partition coefficient (Wildman–Crippen LogP) is 2.59. The van der Waals surface area contributed by atoms with Crippen LogP contribution in [0, 0.1) is 0 Å². The molecule has 1 unspecified atom stereocenters. The molecule has 0 spiro atoms. The number of benzene rings is 1. The number of hydrogen-bond acceptors (Lipinski definition) is 3. The van der Waals surface area contributed by atoms with Crippen LogP contribution in [0.25, 0.3) is 10.8 Å². The lowest BCUT2D eigenvalue weighted by Crippen LogP contribution is -2.29. The maximum atomic E-state index is 12.8. The normalized spacial score (nSPS) is 18.0. The van der Waals surface area contributed by atoms with E-state index in [2.05, 4.69) is 15.2 Å². The molecule has 1 aliphatic rings. The molecule has 1 N–H and O–H groups in total. The molecule has 0 saturated carbocycles. The van der Waals surface area contributed by atoms with E-state index in [9.17, 15) is 4.79 Å². The Morgan fingerprint density at radius 3 is 2.95 bits per heavy atom. The van der Waals surface area contributed by atoms with Gasteiger partial charge in [0.1, 0.15) is 5.69 Å². The van der Waals surface area contributed by atoms with Crippen LogP contribution >= 0.6 is 0 Å². The number of carbonyl (C=O) groups excluding carboxylic acids is 1. The Morgan fingerprint density at radius 1 is 1.18 bits per heavy atom. The fraction of sp³-hybridized carbons (Fsp3) is 0.235. The van der Waals surface area contributed by atoms with Gasteiger partial charge in [0.2, 0.25) is 0 Å². The van der Waals surface area contributed by atoms with E-state index >= 15 is 0 Å². The molecule has 22 heavy (non-hydrogen) atoms. The van der Waals surface area contributed by atoms with Gasteiger partial charge in [0, 0.05) is 42.5 Å². The van der Waals surface area contributed by atoms with Crippen LogP contribution in [0.1, 0.15) is 28.5 Å². The number of nitrogens with one attached hydrogen (secondary N) is 1. The molecule has 3 aromatic rings. The monoisotopic (exact) mass is 292 g/mol. The highest BCUT2D eigenvalue weighted by Gasteiger charge is 2.29. The van der Waals surface area contributed by atoms with Crippen molar-refractivity contribution in [1.29, 1.82) is 0 Å². The van der Waals surface area contributed by atoms with Crippen LogP contribution in [0.2, 0.25) is 0 Å². The molecule has 1 aromatic carbocycles. The molecule has 3 heterocycles. The maximum Gasteiger partial charge on any atom is 0.273 e. The lowest BCUT2D eigenvalue weighted by Gasteiger charge is -2.16. The van der Waals surface area contributed by atoms with E-state index in [-0.39, 0.29) is 5.91 Å². The molecule has 1 saturated heterocycles. The average molecular weight is 292 g/mol. The highest BCUT2D eigenvalue weighted by atomic mass is 16.2. The molecule has 5 nitrogen and oxygen atoms in total. The van der Waals surface area contributed by atoms with E-state index < -0.39 is 0 Å². The number of amides is 1. The van der Waals surface area contributed by atoms with E-state index in [1.54, 1.807) is 12.4 Å². The van der Waals surface area contributed by atoms with Crippen LogP contribution in [0.4, 0.5) is 0 Å². The highest BCUT2D eigenvalue weighted by Crippen LogP contribution is 2.27. The Hall–Kier alpha value is -2.69. The van der Waals surface area contributed by atoms with Crippen molar-refractivity contribution in [3.63, 3.8) is 0 Å². The van der Waals surface area contributed by atoms with Gasteiger partial charge in [-0.15, -0.1) is 0 Å². The minimum absolute atomic E-state index is 0.0128. The number of carbonyl (C=O) groups is 1. The van der Waals surface area contributed by atoms with Crippen molar-refractivity contribution in [2.75, 3.05) is 13.1 Å². The number of likely N-dealkylation sites (tertiary alicyclic amines) is 1. The zero-order valence-corrected chi connectivity index (χ0v) is 12.1. The molecule has 0 bridgehead atoms. The first kappa shape index (κ1) is 13.0. The summed E-state index contributed by atoms with van der Waals surface area (Å²) >= 11 is 0. The lowest BCUT2D eigenvalue weighted by molar-refractivity contribution is 0.0787. The Morgan fingerprint density at radius 2 is 2.09 bits per heavy atom. The SMILES string of the molecule is O=C(c1nccc2ccccc12)N1CCC(c2ccn[nH]2)C1. The van der Waals surface area contributed by atoms with E-state index in [1.165, 1.54) is 0 Å². The van der Waals surface area contributed by atoms with Gasteiger partial charge in [-0.3, -0.25) is 14.9 Å². The number of rotatable bonds is 2. The van der Waals surface area contributed by atoms with E-state index in [1.807, 2.05) is 41.3 Å². The van der Waals surface area contributed by atoms with Crippen molar-refractivity contribution >= 4 is 16.7 Å². The number of fused-ring (bicyclic) bond motifs is 1. The van der Waals surface area contributed by atoms with Crippen LogP contribution in [-0.4, -0.2) is 39.1 Å². The van der Waals surface area contributed by atoms with Crippen molar-refractivity contribution < 1.29 is 4.79 Å². The van der Waals surface area contributed by atoms with Crippen molar-refractivity contribution in [3.05, 3.63) is 60.2 Å². The summed E-state index contributed by atoms with van der Waals surface area (Å²) in [5.41, 5.74) is 1.64. The first-order valence-corrected chi connectivity index (χ1v) is 7.45. The molecule has 0 aliphatic carbocycles. The molecule has 4 rings (SSSR count). The molecular formula is C17H16N4O. The molecule has 1 amide bonds. The fourth-order valence-corrected chi connectivity index (χ4v) is 3.13. The molecule has 1 atom stereocenters. The first-order valence-electron chi connectivity index (χ1n) is 7.45. The third-order valence-corrected chi connectivity index (χ3v) is 4.31.